The fourth-order valence-corrected chi connectivity index (χ4v) is 1.67. The lowest BCUT2D eigenvalue weighted by Crippen LogP contribution is -1.76. The lowest BCUT2D eigenvalue weighted by molar-refractivity contribution is 0.155. The van der Waals surface area contributed by atoms with Crippen LogP contribution in [0.2, 0.25) is 9.62 Å². The molecule has 0 saturated heterocycles. The van der Waals surface area contributed by atoms with Crippen molar-refractivity contribution in [3.63, 3.8) is 0 Å². The summed E-state index contributed by atoms with van der Waals surface area (Å²) >= 11 is 11.3. The largest absolute Gasteiger partial charge is 0.275 e. The van der Waals surface area contributed by atoms with E-state index in [4.69, 9.17) is 23.2 Å². The van der Waals surface area contributed by atoms with E-state index in [0.717, 1.165) is 0 Å². The Morgan fingerprint density at radius 1 is 1.40 bits per heavy atom. The molecular formula is C4HCl2F2NS. The van der Waals surface area contributed by atoms with Gasteiger partial charge in [0.05, 0.1) is 0 Å². The highest BCUT2D eigenvalue weighted by Gasteiger charge is 2.16. The van der Waals surface area contributed by atoms with E-state index in [0.29, 0.717) is 11.3 Å². The number of hydrogen-bond acceptors (Lipinski definition) is 2. The van der Waals surface area contributed by atoms with Crippen molar-refractivity contribution in [2.75, 3.05) is 0 Å². The molecule has 1 heterocycles. The number of alkyl halides is 2. The molecule has 0 N–H and O–H groups in total. The normalized spacial score (nSPS) is 10.9. The molecule has 1 aromatic rings. The van der Waals surface area contributed by atoms with Gasteiger partial charge in [0.15, 0.2) is 9.62 Å². The van der Waals surface area contributed by atoms with E-state index in [1.807, 2.05) is 0 Å². The van der Waals surface area contributed by atoms with Crippen LogP contribution in [-0.2, 0) is 0 Å². The zero-order chi connectivity index (χ0) is 7.72. The highest BCUT2D eigenvalue weighted by molar-refractivity contribution is 7.16. The molecule has 1 nitrogen and oxygen atoms in total. The minimum Gasteiger partial charge on any atom is -0.212 e. The first kappa shape index (κ1) is 8.17. The fourth-order valence-electron chi connectivity index (χ4n) is 0.423. The molecule has 0 spiro atoms. The molecule has 0 saturated carbocycles. The van der Waals surface area contributed by atoms with E-state index in [2.05, 4.69) is 4.98 Å². The highest BCUT2D eigenvalue weighted by Crippen LogP contribution is 2.34. The maximum Gasteiger partial charge on any atom is 0.275 e. The molecule has 0 bridgehead atoms. The third-order valence-corrected chi connectivity index (χ3v) is 2.35. The first-order valence-corrected chi connectivity index (χ1v) is 3.78. The molecule has 10 heavy (non-hydrogen) atoms. The average Bonchev–Trinajstić information content (AvgIpc) is 2.10. The third-order valence-electron chi connectivity index (χ3n) is 0.782. The van der Waals surface area contributed by atoms with Crippen LogP contribution in [0, 0.1) is 0 Å². The number of halogens is 4. The molecule has 0 fully saturated rings. The van der Waals surface area contributed by atoms with Crippen LogP contribution in [0.3, 0.4) is 0 Å². The zero-order valence-electron chi connectivity index (χ0n) is 4.44. The van der Waals surface area contributed by atoms with Crippen LogP contribution in [-0.4, -0.2) is 4.98 Å². The van der Waals surface area contributed by atoms with Crippen LogP contribution in [0.1, 0.15) is 11.3 Å². The maximum absolute atomic E-state index is 11.9. The summed E-state index contributed by atoms with van der Waals surface area (Å²) < 4.78 is 23.8. The van der Waals surface area contributed by atoms with Gasteiger partial charge in [-0.05, 0) is 0 Å². The van der Waals surface area contributed by atoms with Gasteiger partial charge in [-0.25, -0.2) is 13.8 Å². The van der Waals surface area contributed by atoms with Gasteiger partial charge in [-0.2, -0.15) is 0 Å². The van der Waals surface area contributed by atoms with Gasteiger partial charge in [-0.15, -0.1) is 0 Å². The summed E-state index contributed by atoms with van der Waals surface area (Å²) in [7, 11) is 0. The van der Waals surface area contributed by atoms with Crippen molar-refractivity contribution < 1.29 is 8.78 Å². The Bertz CT molecular complexity index is 237. The maximum atomic E-state index is 11.9. The Hall–Kier alpha value is 0.0700. The minimum atomic E-state index is -2.59. The van der Waals surface area contributed by atoms with E-state index >= 15 is 0 Å². The van der Waals surface area contributed by atoms with E-state index in [1.54, 1.807) is 0 Å². The van der Waals surface area contributed by atoms with Gasteiger partial charge < -0.3 is 0 Å². The number of aromatic nitrogens is 1. The van der Waals surface area contributed by atoms with Crippen LogP contribution in [0.25, 0.3) is 0 Å². The predicted molar refractivity (Wildman–Crippen MR) is 37.1 cm³/mol. The number of nitrogens with zero attached hydrogens (tertiary/aromatic N) is 1. The van der Waals surface area contributed by atoms with Crippen LogP contribution in [0.15, 0.2) is 0 Å². The number of rotatable bonds is 1. The van der Waals surface area contributed by atoms with Crippen LogP contribution >= 0.6 is 34.5 Å². The van der Waals surface area contributed by atoms with Crippen molar-refractivity contribution in [2.45, 2.75) is 6.43 Å². The number of hydrogen-bond donors (Lipinski definition) is 0. The molecule has 1 rings (SSSR count). The summed E-state index contributed by atoms with van der Waals surface area (Å²) in [4.78, 5) is 3.13. The molecule has 0 radical (unpaired) electrons. The van der Waals surface area contributed by atoms with E-state index < -0.39 is 6.43 Å². The summed E-state index contributed by atoms with van der Waals surface area (Å²) in [5.74, 6) is 0. The monoisotopic (exact) mass is 203 g/mol. The Balaban J connectivity index is 3.03. The van der Waals surface area contributed by atoms with Crippen molar-refractivity contribution in [3.05, 3.63) is 14.5 Å². The smallest absolute Gasteiger partial charge is 0.212 e. The molecule has 0 amide bonds. The highest BCUT2D eigenvalue weighted by atomic mass is 35.5. The first-order valence-electron chi connectivity index (χ1n) is 2.21. The molecular weight excluding hydrogens is 203 g/mol. The fraction of sp³-hybridized carbons (Fsp3) is 0.250. The van der Waals surface area contributed by atoms with Crippen LogP contribution in [0.5, 0.6) is 0 Å². The second-order valence-corrected chi connectivity index (χ2v) is 3.39. The number of thiazole rings is 1. The lowest BCUT2D eigenvalue weighted by atomic mass is 10.6. The van der Waals surface area contributed by atoms with Crippen LogP contribution < -0.4 is 0 Å². The summed E-state index contributed by atoms with van der Waals surface area (Å²) in [6.45, 7) is 0. The second kappa shape index (κ2) is 2.98. The summed E-state index contributed by atoms with van der Waals surface area (Å²) in [5.41, 5.74) is 0. The topological polar surface area (TPSA) is 12.9 Å². The molecule has 0 aromatic carbocycles. The Morgan fingerprint density at radius 3 is 2.20 bits per heavy atom. The molecule has 0 aliphatic rings. The van der Waals surface area contributed by atoms with Gasteiger partial charge in [0, 0.05) is 0 Å². The molecule has 0 aliphatic carbocycles. The van der Waals surface area contributed by atoms with Gasteiger partial charge in [-0.3, -0.25) is 0 Å². The summed E-state index contributed by atoms with van der Waals surface area (Å²) in [5, 5.41) is -0.204. The zero-order valence-corrected chi connectivity index (χ0v) is 6.77. The van der Waals surface area contributed by atoms with Gasteiger partial charge in [0.2, 0.25) is 0 Å². The first-order chi connectivity index (χ1) is 4.61. The van der Waals surface area contributed by atoms with Crippen molar-refractivity contribution in [1.29, 1.82) is 0 Å². The Morgan fingerprint density at radius 2 is 2.00 bits per heavy atom. The van der Waals surface area contributed by atoms with Gasteiger partial charge in [0.1, 0.15) is 4.88 Å². The summed E-state index contributed by atoms with van der Waals surface area (Å²) in [6, 6.07) is 0. The van der Waals surface area contributed by atoms with Gasteiger partial charge >= 0.3 is 0 Å². The summed E-state index contributed by atoms with van der Waals surface area (Å²) in [6.07, 6.45) is -2.59. The van der Waals surface area contributed by atoms with E-state index in [9.17, 15) is 8.78 Å². The van der Waals surface area contributed by atoms with Gasteiger partial charge in [0.25, 0.3) is 6.43 Å². The van der Waals surface area contributed by atoms with E-state index in [1.165, 1.54) is 0 Å². The minimum absolute atomic E-state index is 0.0419. The Kier molecular flexibility index (Phi) is 2.44. The van der Waals surface area contributed by atoms with Crippen molar-refractivity contribution >= 4 is 34.5 Å². The molecule has 1 aromatic heterocycles. The predicted octanol–water partition coefficient (Wildman–Crippen LogP) is 3.39. The van der Waals surface area contributed by atoms with Crippen molar-refractivity contribution in [3.8, 4) is 0 Å². The molecule has 0 aliphatic heterocycles. The molecule has 56 valence electrons. The molecule has 0 atom stereocenters. The SMILES string of the molecule is FC(F)c1sc(Cl)nc1Cl. The quantitative estimate of drug-likeness (QED) is 0.683. The van der Waals surface area contributed by atoms with Crippen LogP contribution in [0.4, 0.5) is 8.78 Å². The third kappa shape index (κ3) is 1.56. The average molecular weight is 204 g/mol. The van der Waals surface area contributed by atoms with Crippen molar-refractivity contribution in [2.24, 2.45) is 0 Å². The van der Waals surface area contributed by atoms with Gasteiger partial charge in [-0.1, -0.05) is 34.5 Å². The lowest BCUT2D eigenvalue weighted by Gasteiger charge is -1.89. The Labute approximate surface area is 69.6 Å². The second-order valence-electron chi connectivity index (χ2n) is 1.42. The van der Waals surface area contributed by atoms with Crippen molar-refractivity contribution in [1.82, 2.24) is 4.98 Å². The molecule has 0 unspecified atom stereocenters. The van der Waals surface area contributed by atoms with E-state index in [-0.39, 0.29) is 14.5 Å². The molecule has 6 heteroatoms. The standard InChI is InChI=1S/C4HCl2F2NS/c5-2-1(3(7)8)10-4(6)9-2/h3H.